The summed E-state index contributed by atoms with van der Waals surface area (Å²) in [5, 5.41) is 9.27. The van der Waals surface area contributed by atoms with Crippen LogP contribution in [0, 0.1) is 0 Å². The Morgan fingerprint density at radius 2 is 1.75 bits per heavy atom. The molecule has 0 saturated heterocycles. The van der Waals surface area contributed by atoms with E-state index in [1.54, 1.807) is 12.1 Å². The van der Waals surface area contributed by atoms with Crippen molar-refractivity contribution in [1.82, 2.24) is 0 Å². The largest absolute Gasteiger partial charge is 0.401 e. The highest BCUT2D eigenvalue weighted by Crippen LogP contribution is 2.42. The molecular formula is C18H29FO4S. The van der Waals surface area contributed by atoms with Crippen LogP contribution in [0.25, 0.3) is 0 Å². The molecule has 2 N–H and O–H groups in total. The Morgan fingerprint density at radius 1 is 1.21 bits per heavy atom. The molecular weight excluding hydrogens is 331 g/mol. The normalized spacial score (nSPS) is 20.2. The van der Waals surface area contributed by atoms with Crippen LogP contribution in [0.5, 0.6) is 5.75 Å². The van der Waals surface area contributed by atoms with Crippen LogP contribution < -0.4 is 4.18 Å². The van der Waals surface area contributed by atoms with Crippen molar-refractivity contribution in [2.45, 2.75) is 69.0 Å². The molecule has 1 fully saturated rings. The number of halogens is 1. The summed E-state index contributed by atoms with van der Waals surface area (Å²) in [4.78, 5) is 0. The monoisotopic (exact) mass is 360 g/mol. The van der Waals surface area contributed by atoms with E-state index >= 15 is 0 Å². The van der Waals surface area contributed by atoms with Crippen molar-refractivity contribution in [3.63, 3.8) is 0 Å². The molecule has 1 aromatic rings. The third-order valence-corrected chi connectivity index (χ3v) is 8.14. The van der Waals surface area contributed by atoms with Crippen LogP contribution in [0.4, 0.5) is 4.39 Å². The first-order chi connectivity index (χ1) is 11.1. The highest BCUT2D eigenvalue weighted by atomic mass is 32.3. The molecule has 1 unspecified atom stereocenters. The van der Waals surface area contributed by atoms with Gasteiger partial charge in [-0.2, -0.15) is 0 Å². The van der Waals surface area contributed by atoms with E-state index < -0.39 is 27.0 Å². The van der Waals surface area contributed by atoms with Crippen LogP contribution in [0.3, 0.4) is 0 Å². The first kappa shape index (κ1) is 19.3. The molecule has 4 nitrogen and oxygen atoms in total. The van der Waals surface area contributed by atoms with E-state index in [1.807, 2.05) is 12.1 Å². The zero-order valence-corrected chi connectivity index (χ0v) is 15.5. The molecule has 0 aliphatic heterocycles. The molecule has 1 saturated carbocycles. The van der Waals surface area contributed by atoms with Crippen molar-refractivity contribution in [3.8, 4) is 5.75 Å². The number of aliphatic hydroxyl groups excluding tert-OH is 1. The molecule has 1 aliphatic carbocycles. The van der Waals surface area contributed by atoms with E-state index in [0.29, 0.717) is 12.8 Å². The standard InChI is InChI=1S/C18H29FO4S/c1-18(2,3)14-9-11-15(12-10-14)23-24(21,22,17(20)13-19)16-7-5-4-6-8-16/h9-12,16-17,20H,4-8,13H2,1-3H3,(H,21,22). The second-order valence-electron chi connectivity index (χ2n) is 7.68. The Labute approximate surface area is 143 Å². The Kier molecular flexibility index (Phi) is 5.43. The van der Waals surface area contributed by atoms with Gasteiger partial charge in [0.05, 0.1) is 5.25 Å². The Hall–Kier alpha value is -0.980. The number of aliphatic hydroxyl groups is 1. The third-order valence-electron chi connectivity index (χ3n) is 4.78. The van der Waals surface area contributed by atoms with Gasteiger partial charge in [0.1, 0.15) is 12.4 Å². The summed E-state index contributed by atoms with van der Waals surface area (Å²) in [7, 11) is -5.02. The van der Waals surface area contributed by atoms with Crippen LogP contribution in [0.15, 0.2) is 24.3 Å². The van der Waals surface area contributed by atoms with E-state index in [9.17, 15) is 18.3 Å². The fraction of sp³-hybridized carbons (Fsp3) is 0.667. The summed E-state index contributed by atoms with van der Waals surface area (Å²) < 4.78 is 42.9. The first-order valence-corrected chi connectivity index (χ1v) is 10.5. The second-order valence-corrected chi connectivity index (χ2v) is 11.0. The van der Waals surface area contributed by atoms with E-state index in [0.717, 1.165) is 24.8 Å². The number of hydrogen-bond donors (Lipinski definition) is 2. The quantitative estimate of drug-likeness (QED) is 0.826. The van der Waals surface area contributed by atoms with Gasteiger partial charge >= 0.3 is 0 Å². The number of hydrogen-bond acceptors (Lipinski definition) is 3. The van der Waals surface area contributed by atoms with E-state index in [4.69, 9.17) is 4.18 Å². The molecule has 1 atom stereocenters. The summed E-state index contributed by atoms with van der Waals surface area (Å²) in [6.45, 7) is 4.89. The Balaban J connectivity index is 2.34. The van der Waals surface area contributed by atoms with Gasteiger partial charge in [-0.25, -0.2) is 8.60 Å². The minimum Gasteiger partial charge on any atom is -0.401 e. The smallest absolute Gasteiger partial charge is 0.190 e. The summed E-state index contributed by atoms with van der Waals surface area (Å²) in [6, 6.07) is 6.87. The molecule has 138 valence electrons. The maximum absolute atomic E-state index is 13.4. The number of rotatable bonds is 5. The lowest BCUT2D eigenvalue weighted by Crippen LogP contribution is -2.58. The minimum atomic E-state index is -5.02. The zero-order valence-electron chi connectivity index (χ0n) is 14.7. The molecule has 0 spiro atoms. The van der Waals surface area contributed by atoms with Gasteiger partial charge in [-0.1, -0.05) is 52.2 Å². The second kappa shape index (κ2) is 6.73. The molecule has 24 heavy (non-hydrogen) atoms. The summed E-state index contributed by atoms with van der Waals surface area (Å²) in [6.07, 6.45) is 3.46. The molecule has 0 radical (unpaired) electrons. The molecule has 1 aromatic carbocycles. The maximum atomic E-state index is 13.4. The number of alkyl halides is 1. The fourth-order valence-corrected chi connectivity index (χ4v) is 5.79. The zero-order chi connectivity index (χ0) is 18.0. The van der Waals surface area contributed by atoms with Gasteiger partial charge in [-0.15, -0.1) is 0 Å². The first-order valence-electron chi connectivity index (χ1n) is 8.51. The van der Waals surface area contributed by atoms with Crippen molar-refractivity contribution in [2.24, 2.45) is 0 Å². The molecule has 6 heteroatoms. The predicted molar refractivity (Wildman–Crippen MR) is 95.4 cm³/mol. The number of benzene rings is 1. The van der Waals surface area contributed by atoms with Gasteiger partial charge in [0.25, 0.3) is 0 Å². The van der Waals surface area contributed by atoms with Crippen LogP contribution in [-0.4, -0.2) is 31.2 Å². The summed E-state index contributed by atoms with van der Waals surface area (Å²) in [5.74, 6) is 0.181. The van der Waals surface area contributed by atoms with E-state index in [2.05, 4.69) is 20.8 Å². The summed E-state index contributed by atoms with van der Waals surface area (Å²) in [5.41, 5.74) is -1.03. The van der Waals surface area contributed by atoms with Gasteiger partial charge in [0, 0.05) is 0 Å². The van der Waals surface area contributed by atoms with Gasteiger partial charge < -0.3 is 9.29 Å². The Morgan fingerprint density at radius 3 is 2.21 bits per heavy atom. The molecule has 2 rings (SSSR count). The van der Waals surface area contributed by atoms with Crippen molar-refractivity contribution < 1.29 is 22.4 Å². The minimum absolute atomic E-state index is 0.0548. The van der Waals surface area contributed by atoms with Gasteiger partial charge in [-0.05, 0) is 36.0 Å². The van der Waals surface area contributed by atoms with E-state index in [1.165, 1.54) is 0 Å². The van der Waals surface area contributed by atoms with E-state index in [-0.39, 0.29) is 11.2 Å². The van der Waals surface area contributed by atoms with Crippen molar-refractivity contribution in [3.05, 3.63) is 29.8 Å². The molecule has 0 aromatic heterocycles. The maximum Gasteiger partial charge on any atom is 0.190 e. The van der Waals surface area contributed by atoms with Crippen LogP contribution in [0.1, 0.15) is 58.4 Å². The lowest BCUT2D eigenvalue weighted by Gasteiger charge is -2.46. The highest BCUT2D eigenvalue weighted by molar-refractivity contribution is 8.12. The average Bonchev–Trinajstić information content (AvgIpc) is 2.54. The molecule has 0 amide bonds. The van der Waals surface area contributed by atoms with Gasteiger partial charge in [0.2, 0.25) is 0 Å². The molecule has 1 aliphatic rings. The highest BCUT2D eigenvalue weighted by Gasteiger charge is 2.51. The third kappa shape index (κ3) is 3.81. The van der Waals surface area contributed by atoms with Gasteiger partial charge in [0.15, 0.2) is 15.1 Å². The van der Waals surface area contributed by atoms with Gasteiger partial charge in [-0.3, -0.25) is 4.55 Å². The SMILES string of the molecule is CC(C)(C)c1ccc(OS(=O)(O)(C(O)CF)C2CCCCC2)cc1. The van der Waals surface area contributed by atoms with Crippen molar-refractivity contribution >= 4 is 9.63 Å². The lowest BCUT2D eigenvalue weighted by molar-refractivity contribution is 0.170. The topological polar surface area (TPSA) is 66.8 Å². The van der Waals surface area contributed by atoms with Crippen molar-refractivity contribution in [1.29, 1.82) is 0 Å². The average molecular weight is 360 g/mol. The van der Waals surface area contributed by atoms with Crippen molar-refractivity contribution in [2.75, 3.05) is 6.67 Å². The Bertz CT molecular complexity index is 617. The van der Waals surface area contributed by atoms with Crippen LogP contribution >= 0.6 is 0 Å². The van der Waals surface area contributed by atoms with Crippen LogP contribution in [-0.2, 0) is 15.0 Å². The molecule has 0 bridgehead atoms. The van der Waals surface area contributed by atoms with Crippen LogP contribution in [0.2, 0.25) is 0 Å². The summed E-state index contributed by atoms with van der Waals surface area (Å²) >= 11 is 0. The predicted octanol–water partition coefficient (Wildman–Crippen LogP) is 4.19. The molecule has 0 heterocycles. The lowest BCUT2D eigenvalue weighted by atomic mass is 9.87. The fourth-order valence-electron chi connectivity index (χ4n) is 3.16.